The van der Waals surface area contributed by atoms with Gasteiger partial charge in [-0.3, -0.25) is 9.80 Å². The predicted octanol–water partition coefficient (Wildman–Crippen LogP) is 5.38. The summed E-state index contributed by atoms with van der Waals surface area (Å²) in [5.74, 6) is 0. The van der Waals surface area contributed by atoms with Gasteiger partial charge in [0.25, 0.3) is 0 Å². The Morgan fingerprint density at radius 1 is 0.931 bits per heavy atom. The monoisotopic (exact) mass is 511 g/mol. The molecule has 4 rings (SSSR count). The Hall–Kier alpha value is -2.66. The lowest BCUT2D eigenvalue weighted by molar-refractivity contribution is 0.0655. The van der Waals surface area contributed by atoms with Gasteiger partial charge >= 0.3 is 6.03 Å². The second-order valence-corrected chi connectivity index (χ2v) is 8.50. The fourth-order valence-electron chi connectivity index (χ4n) is 3.43. The quantitative estimate of drug-likeness (QED) is 0.512. The summed E-state index contributed by atoms with van der Waals surface area (Å²) in [6.45, 7) is 0.0262. The van der Waals surface area contributed by atoms with E-state index in [1.807, 2.05) is 36.4 Å². The van der Waals surface area contributed by atoms with Crippen molar-refractivity contribution >= 4 is 49.3 Å². The maximum atomic E-state index is 13.4. The molecule has 3 aromatic carbocycles. The maximum absolute atomic E-state index is 13.4. The lowest BCUT2D eigenvalue weighted by Gasteiger charge is -2.32. The molecule has 3 aromatic rings. The number of carbonyl (C=O) groups excluding carboxylic acids is 1. The van der Waals surface area contributed by atoms with E-state index in [9.17, 15) is 15.2 Å². The minimum atomic E-state index is -1.63. The first-order valence-corrected chi connectivity index (χ1v) is 10.4. The molecule has 0 bridgehead atoms. The van der Waals surface area contributed by atoms with Crippen LogP contribution in [0.2, 0.25) is 0 Å². The number of β-amino-alcohol motifs (C(OH)–C–C–N with tert-alkyl or cyclic N) is 1. The summed E-state index contributed by atoms with van der Waals surface area (Å²) in [6.07, 6.45) is 0. The summed E-state index contributed by atoms with van der Waals surface area (Å²) in [4.78, 5) is 16.3. The predicted molar refractivity (Wildman–Crippen MR) is 119 cm³/mol. The van der Waals surface area contributed by atoms with Crippen LogP contribution < -0.4 is 9.80 Å². The zero-order valence-electron chi connectivity index (χ0n) is 15.1. The Morgan fingerprint density at radius 2 is 1.52 bits per heavy atom. The normalized spacial score (nSPS) is 18.8. The molecule has 5 nitrogen and oxygen atoms in total. The Morgan fingerprint density at radius 3 is 2.10 bits per heavy atom. The molecule has 0 aliphatic carbocycles. The van der Waals surface area contributed by atoms with Crippen molar-refractivity contribution in [3.63, 3.8) is 0 Å². The summed E-state index contributed by atoms with van der Waals surface area (Å²) in [7, 11) is 0. The zero-order chi connectivity index (χ0) is 20.6. The third-order valence-electron chi connectivity index (χ3n) is 4.85. The highest BCUT2D eigenvalue weighted by Crippen LogP contribution is 2.40. The Labute approximate surface area is 185 Å². The minimum Gasteiger partial charge on any atom is -0.365 e. The van der Waals surface area contributed by atoms with Crippen LogP contribution in [0.5, 0.6) is 0 Å². The molecule has 1 saturated heterocycles. The molecule has 1 aliphatic heterocycles. The number of anilines is 2. The third-order valence-corrected chi connectivity index (χ3v) is 5.91. The number of nitrogens with zero attached hydrogens (tertiary/aromatic N) is 3. The molecule has 1 heterocycles. The van der Waals surface area contributed by atoms with Crippen molar-refractivity contribution in [2.24, 2.45) is 0 Å². The number of amides is 2. The number of hydrogen-bond acceptors (Lipinski definition) is 3. The molecule has 29 heavy (non-hydrogen) atoms. The second kappa shape index (κ2) is 7.64. The lowest BCUT2D eigenvalue weighted by Crippen LogP contribution is -2.44. The number of carbonyl (C=O) groups is 1. The van der Waals surface area contributed by atoms with Crippen LogP contribution >= 0.6 is 31.9 Å². The van der Waals surface area contributed by atoms with Crippen LogP contribution in [0.3, 0.4) is 0 Å². The SMILES string of the molecule is N#Cc1cccc(C2(O)CN(c3ccc(Br)cc3)C(=O)N2c2ccc(Br)cc2)c1. The molecule has 7 heteroatoms. The number of nitriles is 1. The van der Waals surface area contributed by atoms with E-state index in [0.717, 1.165) is 8.95 Å². The second-order valence-electron chi connectivity index (χ2n) is 6.67. The summed E-state index contributed by atoms with van der Waals surface area (Å²) in [6, 6.07) is 23.0. The average molecular weight is 513 g/mol. The van der Waals surface area contributed by atoms with Crippen molar-refractivity contribution in [3.8, 4) is 6.07 Å². The summed E-state index contributed by atoms with van der Waals surface area (Å²) in [5.41, 5.74) is 0.495. The van der Waals surface area contributed by atoms with E-state index in [4.69, 9.17) is 0 Å². The van der Waals surface area contributed by atoms with Crippen LogP contribution in [0.25, 0.3) is 0 Å². The van der Waals surface area contributed by atoms with Gasteiger partial charge in [-0.25, -0.2) is 4.79 Å². The van der Waals surface area contributed by atoms with Gasteiger partial charge in [-0.15, -0.1) is 0 Å². The molecule has 0 radical (unpaired) electrons. The number of hydrogen-bond donors (Lipinski definition) is 1. The van der Waals surface area contributed by atoms with E-state index in [1.165, 1.54) is 9.80 Å². The first-order valence-electron chi connectivity index (χ1n) is 8.78. The fraction of sp³-hybridized carbons (Fsp3) is 0.0909. The van der Waals surface area contributed by atoms with Gasteiger partial charge in [-0.05, 0) is 60.7 Å². The molecule has 0 aromatic heterocycles. The van der Waals surface area contributed by atoms with Crippen LogP contribution in [-0.2, 0) is 5.72 Å². The maximum Gasteiger partial charge on any atom is 0.331 e. The number of rotatable bonds is 3. The van der Waals surface area contributed by atoms with Crippen molar-refractivity contribution in [1.82, 2.24) is 0 Å². The van der Waals surface area contributed by atoms with E-state index >= 15 is 0 Å². The molecule has 1 unspecified atom stereocenters. The number of aliphatic hydroxyl groups is 1. The van der Waals surface area contributed by atoms with Crippen molar-refractivity contribution < 1.29 is 9.90 Å². The molecule has 1 aliphatic rings. The van der Waals surface area contributed by atoms with Crippen LogP contribution in [0.15, 0.2) is 81.7 Å². The van der Waals surface area contributed by atoms with E-state index in [0.29, 0.717) is 22.5 Å². The number of halogens is 2. The first kappa shape index (κ1) is 19.6. The van der Waals surface area contributed by atoms with Gasteiger partial charge in [0, 0.05) is 25.9 Å². The average Bonchev–Trinajstić information content (AvgIpc) is 3.01. The Bertz CT molecular complexity index is 1110. The molecule has 0 saturated carbocycles. The Balaban J connectivity index is 1.85. The molecule has 144 valence electrons. The molecule has 1 N–H and O–H groups in total. The highest BCUT2D eigenvalue weighted by molar-refractivity contribution is 9.10. The van der Waals surface area contributed by atoms with E-state index in [2.05, 4.69) is 37.9 Å². The topological polar surface area (TPSA) is 67.6 Å². The standard InChI is InChI=1S/C22H15Br2N3O2/c23-17-4-8-19(9-5-17)26-14-22(29,16-3-1-2-15(12-16)13-25)27(21(26)28)20-10-6-18(24)7-11-20/h1-12,29H,14H2. The van der Waals surface area contributed by atoms with Gasteiger partial charge in [0.15, 0.2) is 5.72 Å². The van der Waals surface area contributed by atoms with Gasteiger partial charge < -0.3 is 5.11 Å². The number of benzene rings is 3. The highest BCUT2D eigenvalue weighted by atomic mass is 79.9. The molecular formula is C22H15Br2N3O2. The summed E-state index contributed by atoms with van der Waals surface area (Å²) >= 11 is 6.80. The van der Waals surface area contributed by atoms with Gasteiger partial charge in [0.2, 0.25) is 0 Å². The molecular weight excluding hydrogens is 498 g/mol. The molecule has 1 atom stereocenters. The third kappa shape index (κ3) is 3.55. The van der Waals surface area contributed by atoms with Gasteiger partial charge in [-0.1, -0.05) is 44.0 Å². The minimum absolute atomic E-state index is 0.0262. The van der Waals surface area contributed by atoms with Crippen LogP contribution in [0.1, 0.15) is 11.1 Å². The van der Waals surface area contributed by atoms with E-state index < -0.39 is 5.72 Å². The smallest absolute Gasteiger partial charge is 0.331 e. The van der Waals surface area contributed by atoms with Gasteiger partial charge in [0.05, 0.1) is 18.2 Å². The van der Waals surface area contributed by atoms with Crippen molar-refractivity contribution in [2.45, 2.75) is 5.72 Å². The molecule has 0 spiro atoms. The van der Waals surface area contributed by atoms with Crippen LogP contribution in [0.4, 0.5) is 16.2 Å². The number of urea groups is 1. The van der Waals surface area contributed by atoms with Crippen LogP contribution in [0, 0.1) is 11.3 Å². The zero-order valence-corrected chi connectivity index (χ0v) is 18.3. The molecule has 2 amide bonds. The van der Waals surface area contributed by atoms with Crippen molar-refractivity contribution in [3.05, 3.63) is 92.9 Å². The first-order chi connectivity index (χ1) is 13.9. The van der Waals surface area contributed by atoms with Crippen molar-refractivity contribution in [1.29, 1.82) is 5.26 Å². The lowest BCUT2D eigenvalue weighted by atomic mass is 9.99. The molecule has 1 fully saturated rings. The Kier molecular flexibility index (Phi) is 5.17. The van der Waals surface area contributed by atoms with Gasteiger partial charge in [0.1, 0.15) is 0 Å². The largest absolute Gasteiger partial charge is 0.365 e. The van der Waals surface area contributed by atoms with Gasteiger partial charge in [-0.2, -0.15) is 5.26 Å². The summed E-state index contributed by atoms with van der Waals surface area (Å²) in [5, 5.41) is 21.0. The van der Waals surface area contributed by atoms with Crippen molar-refractivity contribution in [2.75, 3.05) is 16.3 Å². The highest BCUT2D eigenvalue weighted by Gasteiger charge is 2.51. The fourth-order valence-corrected chi connectivity index (χ4v) is 3.96. The van der Waals surface area contributed by atoms with Crippen LogP contribution in [-0.4, -0.2) is 17.7 Å². The van der Waals surface area contributed by atoms with E-state index in [-0.39, 0.29) is 12.6 Å². The van der Waals surface area contributed by atoms with E-state index in [1.54, 1.807) is 36.4 Å². The summed E-state index contributed by atoms with van der Waals surface area (Å²) < 4.78 is 1.77.